The molecule has 1 aromatic heterocycles. The maximum Gasteiger partial charge on any atom is 0.305 e. The van der Waals surface area contributed by atoms with Crippen molar-refractivity contribution in [3.05, 3.63) is 51.8 Å². The molecule has 1 aromatic carbocycles. The molecule has 0 aliphatic rings. The third-order valence-electron chi connectivity index (χ3n) is 2.50. The zero-order valence-corrected chi connectivity index (χ0v) is 10.2. The van der Waals surface area contributed by atoms with Crippen molar-refractivity contribution >= 4 is 5.69 Å². The van der Waals surface area contributed by atoms with Crippen molar-refractivity contribution in [1.29, 1.82) is 0 Å². The Hall–Kier alpha value is -2.35. The van der Waals surface area contributed by atoms with E-state index >= 15 is 0 Å². The van der Waals surface area contributed by atoms with Gasteiger partial charge in [-0.2, -0.15) is 9.49 Å². The number of nitrogens with one attached hydrogen (secondary N) is 1. The summed E-state index contributed by atoms with van der Waals surface area (Å²) in [6, 6.07) is 4.09. The lowest BCUT2D eigenvalue weighted by molar-refractivity contribution is -0.387. The molecule has 0 saturated heterocycles. The van der Waals surface area contributed by atoms with Gasteiger partial charge >= 0.3 is 5.69 Å². The molecular weight excluding hydrogens is 253 g/mol. The number of hydrogen-bond acceptors (Lipinski definition) is 5. The average Bonchev–Trinajstić information content (AvgIpc) is 2.77. The fourth-order valence-electron chi connectivity index (χ4n) is 1.62. The van der Waals surface area contributed by atoms with Crippen molar-refractivity contribution < 1.29 is 9.31 Å². The third kappa shape index (κ3) is 3.10. The van der Waals surface area contributed by atoms with Gasteiger partial charge in [-0.15, -0.1) is 0 Å². The summed E-state index contributed by atoms with van der Waals surface area (Å²) in [5.41, 5.74) is -0.277. The SMILES string of the molecule is Cn1cnc(CNCc2cccc([N+](=O)[O-])c2F)n1. The van der Waals surface area contributed by atoms with Crippen LogP contribution in [-0.4, -0.2) is 19.7 Å². The van der Waals surface area contributed by atoms with Gasteiger partial charge in [0.2, 0.25) is 5.82 Å². The van der Waals surface area contributed by atoms with E-state index in [1.54, 1.807) is 18.1 Å². The molecule has 19 heavy (non-hydrogen) atoms. The first-order valence-electron chi connectivity index (χ1n) is 5.55. The van der Waals surface area contributed by atoms with Gasteiger partial charge in [-0.3, -0.25) is 14.8 Å². The van der Waals surface area contributed by atoms with Gasteiger partial charge in [0, 0.05) is 25.2 Å². The lowest BCUT2D eigenvalue weighted by Gasteiger charge is -2.04. The highest BCUT2D eigenvalue weighted by atomic mass is 19.1. The maximum absolute atomic E-state index is 13.7. The standard InChI is InChI=1S/C11H12FN5O2/c1-16-7-14-10(15-16)6-13-5-8-3-2-4-9(11(8)12)17(18)19/h2-4,7,13H,5-6H2,1H3. The number of hydrogen-bond donors (Lipinski definition) is 1. The van der Waals surface area contributed by atoms with E-state index in [1.165, 1.54) is 12.1 Å². The van der Waals surface area contributed by atoms with Crippen molar-refractivity contribution in [2.75, 3.05) is 0 Å². The van der Waals surface area contributed by atoms with Crippen LogP contribution in [0.2, 0.25) is 0 Å². The van der Waals surface area contributed by atoms with E-state index in [9.17, 15) is 14.5 Å². The Labute approximate surface area is 108 Å². The molecule has 7 nitrogen and oxygen atoms in total. The first kappa shape index (κ1) is 13.1. The summed E-state index contributed by atoms with van der Waals surface area (Å²) in [5.74, 6) is -0.234. The van der Waals surface area contributed by atoms with Gasteiger partial charge in [0.25, 0.3) is 0 Å². The number of nitrogens with zero attached hydrogens (tertiary/aromatic N) is 4. The summed E-state index contributed by atoms with van der Waals surface area (Å²) in [6.07, 6.45) is 1.56. The van der Waals surface area contributed by atoms with Crippen LogP contribution >= 0.6 is 0 Å². The second kappa shape index (κ2) is 5.53. The van der Waals surface area contributed by atoms with Crippen LogP contribution in [0.1, 0.15) is 11.4 Å². The Bertz CT molecular complexity index is 599. The van der Waals surface area contributed by atoms with E-state index in [0.717, 1.165) is 6.07 Å². The van der Waals surface area contributed by atoms with Crippen LogP contribution in [0.25, 0.3) is 0 Å². The number of aryl methyl sites for hydroxylation is 1. The number of rotatable bonds is 5. The summed E-state index contributed by atoms with van der Waals surface area (Å²) >= 11 is 0. The Morgan fingerprint density at radius 2 is 2.26 bits per heavy atom. The smallest absolute Gasteiger partial charge is 0.305 e. The minimum absolute atomic E-state index is 0.172. The molecule has 0 bridgehead atoms. The summed E-state index contributed by atoms with van der Waals surface area (Å²) in [6.45, 7) is 0.536. The zero-order chi connectivity index (χ0) is 13.8. The number of nitro groups is 1. The maximum atomic E-state index is 13.7. The molecule has 0 unspecified atom stereocenters. The Morgan fingerprint density at radius 1 is 1.47 bits per heavy atom. The van der Waals surface area contributed by atoms with Crippen LogP contribution in [0.3, 0.4) is 0 Å². The first-order chi connectivity index (χ1) is 9.08. The van der Waals surface area contributed by atoms with E-state index in [1.807, 2.05) is 0 Å². The number of benzene rings is 1. The summed E-state index contributed by atoms with van der Waals surface area (Å²) in [7, 11) is 1.75. The lowest BCUT2D eigenvalue weighted by atomic mass is 10.2. The molecule has 0 aliphatic carbocycles. The minimum Gasteiger partial charge on any atom is -0.306 e. The molecule has 2 rings (SSSR count). The fraction of sp³-hybridized carbons (Fsp3) is 0.273. The summed E-state index contributed by atoms with van der Waals surface area (Å²) in [4.78, 5) is 13.9. The van der Waals surface area contributed by atoms with Crippen LogP contribution in [0, 0.1) is 15.9 Å². The second-order valence-corrected chi connectivity index (χ2v) is 3.95. The van der Waals surface area contributed by atoms with Gasteiger partial charge < -0.3 is 5.32 Å². The van der Waals surface area contributed by atoms with Crippen LogP contribution < -0.4 is 5.32 Å². The van der Waals surface area contributed by atoms with E-state index < -0.39 is 16.4 Å². The highest BCUT2D eigenvalue weighted by molar-refractivity contribution is 5.36. The molecule has 1 N–H and O–H groups in total. The third-order valence-corrected chi connectivity index (χ3v) is 2.50. The molecule has 0 radical (unpaired) electrons. The van der Waals surface area contributed by atoms with Crippen molar-refractivity contribution in [3.63, 3.8) is 0 Å². The van der Waals surface area contributed by atoms with Gasteiger partial charge in [0.1, 0.15) is 6.33 Å². The van der Waals surface area contributed by atoms with Crippen LogP contribution in [-0.2, 0) is 20.1 Å². The van der Waals surface area contributed by atoms with E-state index in [-0.39, 0.29) is 12.1 Å². The van der Waals surface area contributed by atoms with Crippen molar-refractivity contribution in [3.8, 4) is 0 Å². The normalized spacial score (nSPS) is 10.6. The molecule has 0 spiro atoms. The molecule has 0 atom stereocenters. The molecule has 0 fully saturated rings. The molecule has 0 saturated carbocycles. The van der Waals surface area contributed by atoms with Gasteiger partial charge in [-0.05, 0) is 0 Å². The predicted octanol–water partition coefficient (Wildman–Crippen LogP) is 1.15. The monoisotopic (exact) mass is 265 g/mol. The lowest BCUT2D eigenvalue weighted by Crippen LogP contribution is -2.15. The quantitative estimate of drug-likeness (QED) is 0.647. The van der Waals surface area contributed by atoms with Crippen molar-refractivity contribution in [2.45, 2.75) is 13.1 Å². The van der Waals surface area contributed by atoms with Crippen molar-refractivity contribution in [2.24, 2.45) is 7.05 Å². The molecular formula is C11H12FN5O2. The molecule has 2 aromatic rings. The number of aromatic nitrogens is 3. The Kier molecular flexibility index (Phi) is 3.81. The Morgan fingerprint density at radius 3 is 2.89 bits per heavy atom. The highest BCUT2D eigenvalue weighted by Gasteiger charge is 2.16. The fourth-order valence-corrected chi connectivity index (χ4v) is 1.62. The highest BCUT2D eigenvalue weighted by Crippen LogP contribution is 2.19. The number of nitro benzene ring substituents is 1. The van der Waals surface area contributed by atoms with Crippen LogP contribution in [0.5, 0.6) is 0 Å². The minimum atomic E-state index is -0.811. The zero-order valence-electron chi connectivity index (χ0n) is 10.2. The first-order valence-corrected chi connectivity index (χ1v) is 5.55. The summed E-state index contributed by atoms with van der Waals surface area (Å²) in [5, 5.41) is 17.6. The summed E-state index contributed by atoms with van der Waals surface area (Å²) < 4.78 is 15.3. The molecule has 0 aliphatic heterocycles. The average molecular weight is 265 g/mol. The topological polar surface area (TPSA) is 85.9 Å². The van der Waals surface area contributed by atoms with E-state index in [2.05, 4.69) is 15.4 Å². The van der Waals surface area contributed by atoms with E-state index in [4.69, 9.17) is 0 Å². The molecule has 0 amide bonds. The van der Waals surface area contributed by atoms with E-state index in [0.29, 0.717) is 12.4 Å². The Balaban J connectivity index is 2.00. The van der Waals surface area contributed by atoms with Gasteiger partial charge in [-0.1, -0.05) is 12.1 Å². The largest absolute Gasteiger partial charge is 0.306 e. The molecule has 1 heterocycles. The predicted molar refractivity (Wildman–Crippen MR) is 64.6 cm³/mol. The van der Waals surface area contributed by atoms with Crippen molar-refractivity contribution in [1.82, 2.24) is 20.1 Å². The van der Waals surface area contributed by atoms with Gasteiger partial charge in [0.05, 0.1) is 11.5 Å². The van der Waals surface area contributed by atoms with Crippen LogP contribution in [0.15, 0.2) is 24.5 Å². The van der Waals surface area contributed by atoms with Gasteiger partial charge in [0.15, 0.2) is 5.82 Å². The van der Waals surface area contributed by atoms with Gasteiger partial charge in [-0.25, -0.2) is 4.98 Å². The molecule has 100 valence electrons. The van der Waals surface area contributed by atoms with Crippen LogP contribution in [0.4, 0.5) is 10.1 Å². The second-order valence-electron chi connectivity index (χ2n) is 3.95. The number of halogens is 1. The molecule has 8 heteroatoms.